The average Bonchev–Trinajstić information content (AvgIpc) is 2.70. The minimum absolute atomic E-state index is 0.0500. The maximum atomic E-state index is 12.2. The van der Waals surface area contributed by atoms with Crippen LogP contribution in [-0.4, -0.2) is 38.6 Å². The van der Waals surface area contributed by atoms with Crippen LogP contribution < -0.4 is 0 Å². The predicted molar refractivity (Wildman–Crippen MR) is 78.0 cm³/mol. The Morgan fingerprint density at radius 2 is 2.19 bits per heavy atom. The molecular weight excluding hydrogens is 272 g/mol. The lowest BCUT2D eigenvalue weighted by Gasteiger charge is -2.31. The molecule has 1 aromatic rings. The van der Waals surface area contributed by atoms with Gasteiger partial charge in [-0.3, -0.25) is 19.6 Å². The molecule has 1 aromatic heterocycles. The van der Waals surface area contributed by atoms with E-state index in [4.69, 9.17) is 0 Å². The van der Waals surface area contributed by atoms with Gasteiger partial charge in [-0.2, -0.15) is 5.10 Å². The Morgan fingerprint density at radius 3 is 2.76 bits per heavy atom. The molecule has 1 atom stereocenters. The van der Waals surface area contributed by atoms with Gasteiger partial charge in [-0.15, -0.1) is 0 Å². The number of aryl methyl sites for hydroxylation is 2. The lowest BCUT2D eigenvalue weighted by Crippen LogP contribution is -2.39. The molecule has 2 rings (SSSR count). The summed E-state index contributed by atoms with van der Waals surface area (Å²) in [6, 6.07) is 0. The Bertz CT molecular complexity index is 553. The monoisotopic (exact) mass is 294 g/mol. The maximum Gasteiger partial charge on any atom is 0.312 e. The van der Waals surface area contributed by atoms with Crippen LogP contribution in [0.3, 0.4) is 0 Å². The SMILES string of the molecule is Cc1nn(CCC(=O)N2CCC[C@@H](C)C2)c(C)c1[N+](=O)[O-]. The topological polar surface area (TPSA) is 81.3 Å². The van der Waals surface area contributed by atoms with Crippen molar-refractivity contribution in [3.05, 3.63) is 21.5 Å². The number of amides is 1. The van der Waals surface area contributed by atoms with E-state index >= 15 is 0 Å². The zero-order chi connectivity index (χ0) is 15.6. The first-order valence-corrected chi connectivity index (χ1v) is 7.36. The molecule has 116 valence electrons. The van der Waals surface area contributed by atoms with Crippen LogP contribution in [0.15, 0.2) is 0 Å². The van der Waals surface area contributed by atoms with Crippen LogP contribution in [0.25, 0.3) is 0 Å². The van der Waals surface area contributed by atoms with Gasteiger partial charge in [0.05, 0.1) is 11.5 Å². The molecule has 1 amide bonds. The average molecular weight is 294 g/mol. The summed E-state index contributed by atoms with van der Waals surface area (Å²) in [5.41, 5.74) is 0.961. The number of carbonyl (C=O) groups excluding carboxylic acids is 1. The molecule has 0 radical (unpaired) electrons. The van der Waals surface area contributed by atoms with E-state index in [2.05, 4.69) is 12.0 Å². The molecule has 1 fully saturated rings. The molecular formula is C14H22N4O3. The fourth-order valence-corrected chi connectivity index (χ4v) is 2.94. The summed E-state index contributed by atoms with van der Waals surface area (Å²) >= 11 is 0. The van der Waals surface area contributed by atoms with Crippen molar-refractivity contribution in [2.75, 3.05) is 13.1 Å². The number of hydrogen-bond donors (Lipinski definition) is 0. The first-order valence-electron chi connectivity index (χ1n) is 7.36. The van der Waals surface area contributed by atoms with Crippen LogP contribution in [0.5, 0.6) is 0 Å². The number of nitro groups is 1. The van der Waals surface area contributed by atoms with Crippen molar-refractivity contribution < 1.29 is 9.72 Å². The van der Waals surface area contributed by atoms with Crippen molar-refractivity contribution in [2.24, 2.45) is 5.92 Å². The molecule has 1 aliphatic heterocycles. The molecule has 0 spiro atoms. The van der Waals surface area contributed by atoms with E-state index in [0.29, 0.717) is 30.3 Å². The Labute approximate surface area is 124 Å². The number of aromatic nitrogens is 2. The van der Waals surface area contributed by atoms with Crippen molar-refractivity contribution in [3.8, 4) is 0 Å². The van der Waals surface area contributed by atoms with E-state index in [9.17, 15) is 14.9 Å². The van der Waals surface area contributed by atoms with Gasteiger partial charge >= 0.3 is 5.69 Å². The summed E-state index contributed by atoms with van der Waals surface area (Å²) < 4.78 is 1.57. The Balaban J connectivity index is 1.98. The first kappa shape index (κ1) is 15.5. The maximum absolute atomic E-state index is 12.2. The van der Waals surface area contributed by atoms with Crippen molar-refractivity contribution in [1.29, 1.82) is 0 Å². The highest BCUT2D eigenvalue weighted by Crippen LogP contribution is 2.22. The zero-order valence-electron chi connectivity index (χ0n) is 12.8. The molecule has 0 N–H and O–H groups in total. The molecule has 0 aliphatic carbocycles. The minimum atomic E-state index is -0.414. The van der Waals surface area contributed by atoms with Gasteiger partial charge in [0.1, 0.15) is 11.4 Å². The molecule has 7 nitrogen and oxygen atoms in total. The van der Waals surface area contributed by atoms with E-state index in [1.165, 1.54) is 6.42 Å². The number of rotatable bonds is 4. The molecule has 0 bridgehead atoms. The van der Waals surface area contributed by atoms with Gasteiger partial charge in [-0.25, -0.2) is 0 Å². The third-order valence-electron chi connectivity index (χ3n) is 4.07. The number of hydrogen-bond acceptors (Lipinski definition) is 4. The van der Waals surface area contributed by atoms with Gasteiger partial charge in [-0.05, 0) is 32.6 Å². The summed E-state index contributed by atoms with van der Waals surface area (Å²) in [6.45, 7) is 7.48. The van der Waals surface area contributed by atoms with E-state index in [1.807, 2.05) is 4.90 Å². The molecule has 0 aromatic carbocycles. The minimum Gasteiger partial charge on any atom is -0.342 e. The van der Waals surface area contributed by atoms with Gasteiger partial charge in [-0.1, -0.05) is 6.92 Å². The van der Waals surface area contributed by atoms with E-state index < -0.39 is 4.92 Å². The first-order chi connectivity index (χ1) is 9.90. The van der Waals surface area contributed by atoms with Crippen molar-refractivity contribution in [1.82, 2.24) is 14.7 Å². The highest BCUT2D eigenvalue weighted by Gasteiger charge is 2.24. The molecule has 0 saturated carbocycles. The van der Waals surface area contributed by atoms with E-state index in [-0.39, 0.29) is 11.6 Å². The zero-order valence-corrected chi connectivity index (χ0v) is 12.8. The number of carbonyl (C=O) groups is 1. The normalized spacial score (nSPS) is 18.8. The third kappa shape index (κ3) is 3.40. The Morgan fingerprint density at radius 1 is 1.48 bits per heavy atom. The molecule has 7 heteroatoms. The van der Waals surface area contributed by atoms with Gasteiger partial charge in [0, 0.05) is 19.5 Å². The van der Waals surface area contributed by atoms with E-state index in [0.717, 1.165) is 19.5 Å². The molecule has 21 heavy (non-hydrogen) atoms. The summed E-state index contributed by atoms with van der Waals surface area (Å²) in [5, 5.41) is 15.1. The standard InChI is InChI=1S/C14H22N4O3/c1-10-5-4-7-16(9-10)13(19)6-8-17-12(3)14(18(20)21)11(2)15-17/h10H,4-9H2,1-3H3/t10-/m1/s1. The Hall–Kier alpha value is -1.92. The highest BCUT2D eigenvalue weighted by molar-refractivity contribution is 5.76. The van der Waals surface area contributed by atoms with E-state index in [1.54, 1.807) is 18.5 Å². The van der Waals surface area contributed by atoms with Crippen LogP contribution in [0, 0.1) is 29.9 Å². The summed E-state index contributed by atoms with van der Waals surface area (Å²) in [4.78, 5) is 24.6. The van der Waals surface area contributed by atoms with Gasteiger partial charge in [0.25, 0.3) is 0 Å². The number of likely N-dealkylation sites (tertiary alicyclic amines) is 1. The second-order valence-electron chi connectivity index (χ2n) is 5.84. The van der Waals surface area contributed by atoms with Crippen LogP contribution in [0.4, 0.5) is 5.69 Å². The van der Waals surface area contributed by atoms with Crippen LogP contribution in [0.1, 0.15) is 37.6 Å². The second-order valence-corrected chi connectivity index (χ2v) is 5.84. The number of nitrogens with zero attached hydrogens (tertiary/aromatic N) is 4. The predicted octanol–water partition coefficient (Wildman–Crippen LogP) is 2.06. The largest absolute Gasteiger partial charge is 0.342 e. The van der Waals surface area contributed by atoms with Crippen LogP contribution in [-0.2, 0) is 11.3 Å². The summed E-state index contributed by atoms with van der Waals surface area (Å²) in [5.74, 6) is 0.661. The summed E-state index contributed by atoms with van der Waals surface area (Å²) in [7, 11) is 0. The fourth-order valence-electron chi connectivity index (χ4n) is 2.94. The molecule has 1 aliphatic rings. The molecule has 2 heterocycles. The lowest BCUT2D eigenvalue weighted by molar-refractivity contribution is -0.386. The molecule has 1 saturated heterocycles. The smallest absolute Gasteiger partial charge is 0.312 e. The second kappa shape index (κ2) is 6.24. The lowest BCUT2D eigenvalue weighted by atomic mass is 10.00. The molecule has 0 unspecified atom stereocenters. The van der Waals surface area contributed by atoms with Crippen LogP contribution >= 0.6 is 0 Å². The van der Waals surface area contributed by atoms with Gasteiger partial charge < -0.3 is 4.90 Å². The third-order valence-corrected chi connectivity index (χ3v) is 4.07. The highest BCUT2D eigenvalue weighted by atomic mass is 16.6. The number of piperidine rings is 1. The van der Waals surface area contributed by atoms with Crippen molar-refractivity contribution in [2.45, 2.75) is 46.6 Å². The van der Waals surface area contributed by atoms with Crippen molar-refractivity contribution >= 4 is 11.6 Å². The van der Waals surface area contributed by atoms with Gasteiger partial charge in [0.2, 0.25) is 5.91 Å². The Kier molecular flexibility index (Phi) is 4.59. The van der Waals surface area contributed by atoms with Gasteiger partial charge in [0.15, 0.2) is 0 Å². The fraction of sp³-hybridized carbons (Fsp3) is 0.714. The van der Waals surface area contributed by atoms with Crippen molar-refractivity contribution in [3.63, 3.8) is 0 Å². The van der Waals surface area contributed by atoms with Crippen LogP contribution in [0.2, 0.25) is 0 Å². The quantitative estimate of drug-likeness (QED) is 0.628. The summed E-state index contributed by atoms with van der Waals surface area (Å²) in [6.07, 6.45) is 2.57.